The standard InChI is InChI=1S/C21H19FN2O3S/c1-3-7-14-10-13(11-17(19(14)25)27-4-2)12-18-20(26)24-21(28-18)23-16-9-6-5-8-15(16)22/h3,5-6,8-12,25H,1,4,7H2,2H3,(H,23,24,26)/b18-12-. The van der Waals surface area contributed by atoms with Crippen molar-refractivity contribution in [1.82, 2.24) is 5.32 Å². The van der Waals surface area contributed by atoms with Crippen molar-refractivity contribution < 1.29 is 19.0 Å². The van der Waals surface area contributed by atoms with Crippen LogP contribution in [0.4, 0.5) is 10.1 Å². The number of ether oxygens (including phenoxy) is 1. The van der Waals surface area contributed by atoms with Crippen molar-refractivity contribution in [2.45, 2.75) is 13.3 Å². The molecule has 0 radical (unpaired) electrons. The molecule has 0 atom stereocenters. The second kappa shape index (κ2) is 8.75. The molecule has 1 saturated heterocycles. The number of hydrogen-bond acceptors (Lipinski definition) is 5. The summed E-state index contributed by atoms with van der Waals surface area (Å²) in [6.45, 7) is 5.91. The number of hydrogen-bond donors (Lipinski definition) is 2. The number of nitrogens with one attached hydrogen (secondary N) is 1. The first kappa shape index (κ1) is 19.7. The van der Waals surface area contributed by atoms with Crippen LogP contribution in [0.15, 0.2) is 59.0 Å². The van der Waals surface area contributed by atoms with E-state index in [1.807, 2.05) is 6.92 Å². The number of thioether (sulfide) groups is 1. The van der Waals surface area contributed by atoms with E-state index in [4.69, 9.17) is 4.74 Å². The van der Waals surface area contributed by atoms with E-state index in [9.17, 15) is 14.3 Å². The highest BCUT2D eigenvalue weighted by Crippen LogP contribution is 2.35. The Bertz CT molecular complexity index is 986. The van der Waals surface area contributed by atoms with E-state index in [1.54, 1.807) is 36.4 Å². The number of carbonyl (C=O) groups excluding carboxylic acids is 1. The molecule has 2 N–H and O–H groups in total. The van der Waals surface area contributed by atoms with Crippen LogP contribution in [0.3, 0.4) is 0 Å². The number of phenolic OH excluding ortho intramolecular Hbond substituents is 1. The van der Waals surface area contributed by atoms with Crippen molar-refractivity contribution in [3.05, 3.63) is 70.9 Å². The first-order chi connectivity index (χ1) is 13.5. The van der Waals surface area contributed by atoms with Gasteiger partial charge in [0.05, 0.1) is 11.5 Å². The molecule has 0 saturated carbocycles. The predicted molar refractivity (Wildman–Crippen MR) is 110 cm³/mol. The summed E-state index contributed by atoms with van der Waals surface area (Å²) < 4.78 is 19.2. The number of allylic oxidation sites excluding steroid dienone is 1. The molecule has 0 aromatic heterocycles. The van der Waals surface area contributed by atoms with Crippen LogP contribution in [-0.2, 0) is 11.2 Å². The fourth-order valence-corrected chi connectivity index (χ4v) is 3.47. The summed E-state index contributed by atoms with van der Waals surface area (Å²) in [4.78, 5) is 16.9. The SMILES string of the molecule is C=CCc1cc(/C=C2\SC(=Nc3ccccc3F)NC2=O)cc(OCC)c1O. The highest BCUT2D eigenvalue weighted by Gasteiger charge is 2.24. The molecule has 1 aliphatic rings. The van der Waals surface area contributed by atoms with Crippen LogP contribution in [0.2, 0.25) is 0 Å². The minimum Gasteiger partial charge on any atom is -0.504 e. The summed E-state index contributed by atoms with van der Waals surface area (Å²) in [6, 6.07) is 9.53. The Morgan fingerprint density at radius 2 is 2.14 bits per heavy atom. The van der Waals surface area contributed by atoms with Crippen molar-refractivity contribution in [2.75, 3.05) is 6.61 Å². The first-order valence-corrected chi connectivity index (χ1v) is 9.47. The number of amides is 1. The lowest BCUT2D eigenvalue weighted by Gasteiger charge is -2.11. The van der Waals surface area contributed by atoms with Gasteiger partial charge in [-0.15, -0.1) is 6.58 Å². The summed E-state index contributed by atoms with van der Waals surface area (Å²) >= 11 is 1.12. The van der Waals surface area contributed by atoms with Gasteiger partial charge in [-0.3, -0.25) is 4.79 Å². The Kier molecular flexibility index (Phi) is 6.16. The maximum absolute atomic E-state index is 13.8. The van der Waals surface area contributed by atoms with Gasteiger partial charge in [-0.2, -0.15) is 0 Å². The number of carbonyl (C=O) groups is 1. The highest BCUT2D eigenvalue weighted by molar-refractivity contribution is 8.18. The first-order valence-electron chi connectivity index (χ1n) is 8.65. The Labute approximate surface area is 166 Å². The summed E-state index contributed by atoms with van der Waals surface area (Å²) in [7, 11) is 0. The zero-order valence-corrected chi connectivity index (χ0v) is 16.1. The quantitative estimate of drug-likeness (QED) is 0.553. The number of aliphatic imine (C=N–C) groups is 1. The third-order valence-corrected chi connectivity index (χ3v) is 4.77. The third kappa shape index (κ3) is 4.43. The van der Waals surface area contributed by atoms with E-state index in [0.29, 0.717) is 40.0 Å². The molecular weight excluding hydrogens is 379 g/mol. The van der Waals surface area contributed by atoms with Gasteiger partial charge < -0.3 is 15.2 Å². The van der Waals surface area contributed by atoms with Crippen molar-refractivity contribution in [3.8, 4) is 11.5 Å². The summed E-state index contributed by atoms with van der Waals surface area (Å²) in [6.07, 6.45) is 3.82. The van der Waals surface area contributed by atoms with Gasteiger partial charge >= 0.3 is 0 Å². The van der Waals surface area contributed by atoms with Crippen LogP contribution in [-0.4, -0.2) is 22.8 Å². The second-order valence-electron chi connectivity index (χ2n) is 5.89. The van der Waals surface area contributed by atoms with Crippen molar-refractivity contribution in [2.24, 2.45) is 4.99 Å². The third-order valence-electron chi connectivity index (χ3n) is 3.86. The summed E-state index contributed by atoms with van der Waals surface area (Å²) in [5.41, 5.74) is 1.50. The molecule has 1 amide bonds. The van der Waals surface area contributed by atoms with Crippen molar-refractivity contribution in [1.29, 1.82) is 0 Å². The van der Waals surface area contributed by atoms with Gasteiger partial charge in [-0.1, -0.05) is 18.2 Å². The smallest absolute Gasteiger partial charge is 0.264 e. The zero-order valence-electron chi connectivity index (χ0n) is 15.2. The Hall–Kier alpha value is -3.06. The molecule has 7 heteroatoms. The lowest BCUT2D eigenvalue weighted by molar-refractivity contribution is -0.115. The molecule has 0 unspecified atom stereocenters. The Balaban J connectivity index is 1.92. The zero-order chi connectivity index (χ0) is 20.1. The average molecular weight is 398 g/mol. The molecule has 2 aromatic rings. The normalized spacial score (nSPS) is 16.4. The number of amidine groups is 1. The van der Waals surface area contributed by atoms with Gasteiger partial charge in [0.2, 0.25) is 0 Å². The van der Waals surface area contributed by atoms with E-state index in [1.165, 1.54) is 12.1 Å². The number of rotatable bonds is 6. The molecule has 0 spiro atoms. The summed E-state index contributed by atoms with van der Waals surface area (Å²) in [5, 5.41) is 13.2. The number of halogens is 1. The molecule has 2 aromatic carbocycles. The Morgan fingerprint density at radius 1 is 1.36 bits per heavy atom. The fraction of sp³-hybridized carbons (Fsp3) is 0.143. The van der Waals surface area contributed by atoms with Crippen LogP contribution in [0.5, 0.6) is 11.5 Å². The van der Waals surface area contributed by atoms with Gasteiger partial charge in [0.25, 0.3) is 5.91 Å². The van der Waals surface area contributed by atoms with Crippen LogP contribution in [0.25, 0.3) is 6.08 Å². The van der Waals surface area contributed by atoms with Crippen LogP contribution >= 0.6 is 11.8 Å². The molecule has 144 valence electrons. The number of para-hydroxylation sites is 1. The summed E-state index contributed by atoms with van der Waals surface area (Å²) in [5.74, 6) is -0.376. The van der Waals surface area contributed by atoms with Crippen LogP contribution in [0.1, 0.15) is 18.1 Å². The largest absolute Gasteiger partial charge is 0.504 e. The number of benzene rings is 2. The van der Waals surface area contributed by atoms with E-state index in [2.05, 4.69) is 16.9 Å². The number of nitrogens with zero attached hydrogens (tertiary/aromatic N) is 1. The molecule has 0 aliphatic carbocycles. The molecule has 28 heavy (non-hydrogen) atoms. The molecular formula is C21H19FN2O3S. The van der Waals surface area contributed by atoms with Gasteiger partial charge in [0.15, 0.2) is 16.7 Å². The van der Waals surface area contributed by atoms with E-state index in [-0.39, 0.29) is 17.3 Å². The van der Waals surface area contributed by atoms with Gasteiger partial charge in [0, 0.05) is 5.56 Å². The maximum Gasteiger partial charge on any atom is 0.264 e. The molecule has 1 fully saturated rings. The van der Waals surface area contributed by atoms with E-state index >= 15 is 0 Å². The minimum absolute atomic E-state index is 0.0641. The fourth-order valence-electron chi connectivity index (χ4n) is 2.63. The van der Waals surface area contributed by atoms with Gasteiger partial charge in [-0.25, -0.2) is 9.38 Å². The second-order valence-corrected chi connectivity index (χ2v) is 6.92. The van der Waals surface area contributed by atoms with E-state index in [0.717, 1.165) is 11.8 Å². The van der Waals surface area contributed by atoms with Crippen LogP contribution < -0.4 is 10.1 Å². The van der Waals surface area contributed by atoms with Crippen molar-refractivity contribution >= 4 is 34.6 Å². The maximum atomic E-state index is 13.8. The molecule has 1 heterocycles. The lowest BCUT2D eigenvalue weighted by atomic mass is 10.1. The van der Waals surface area contributed by atoms with Crippen molar-refractivity contribution in [3.63, 3.8) is 0 Å². The van der Waals surface area contributed by atoms with Crippen LogP contribution in [0, 0.1) is 5.82 Å². The minimum atomic E-state index is -0.462. The molecule has 1 aliphatic heterocycles. The Morgan fingerprint density at radius 3 is 2.86 bits per heavy atom. The lowest BCUT2D eigenvalue weighted by Crippen LogP contribution is -2.19. The number of phenols is 1. The average Bonchev–Trinajstić information content (AvgIpc) is 3.00. The molecule has 0 bridgehead atoms. The molecule has 3 rings (SSSR count). The topological polar surface area (TPSA) is 70.9 Å². The van der Waals surface area contributed by atoms with E-state index < -0.39 is 5.82 Å². The van der Waals surface area contributed by atoms with Gasteiger partial charge in [0.1, 0.15) is 11.5 Å². The van der Waals surface area contributed by atoms with Gasteiger partial charge in [-0.05, 0) is 61.0 Å². The number of aromatic hydroxyl groups is 1. The molecule has 5 nitrogen and oxygen atoms in total. The predicted octanol–water partition coefficient (Wildman–Crippen LogP) is 4.55. The monoisotopic (exact) mass is 398 g/mol. The highest BCUT2D eigenvalue weighted by atomic mass is 32.2.